The number of halogens is 1. The van der Waals surface area contributed by atoms with Crippen LogP contribution in [0.4, 0.5) is 4.39 Å². The maximum atomic E-state index is 12.9. The third-order valence-corrected chi connectivity index (χ3v) is 5.23. The molecule has 0 spiro atoms. The Morgan fingerprint density at radius 2 is 1.62 bits per heavy atom. The monoisotopic (exact) mass is 397 g/mol. The molecule has 3 rings (SSSR count). The van der Waals surface area contributed by atoms with E-state index in [0.717, 1.165) is 25.2 Å². The Bertz CT molecular complexity index is 803. The van der Waals surface area contributed by atoms with Crippen molar-refractivity contribution in [1.82, 2.24) is 15.1 Å². The molecule has 0 aromatic heterocycles. The lowest BCUT2D eigenvalue weighted by Gasteiger charge is -2.36. The third-order valence-electron chi connectivity index (χ3n) is 5.23. The zero-order chi connectivity index (χ0) is 20.6. The van der Waals surface area contributed by atoms with Gasteiger partial charge in [0.1, 0.15) is 11.9 Å². The number of nitrogens with zero attached hydrogens (tertiary/aromatic N) is 2. The number of carbonyl (C=O) groups is 2. The van der Waals surface area contributed by atoms with Crippen LogP contribution in [0.25, 0.3) is 0 Å². The lowest BCUT2D eigenvalue weighted by Crippen LogP contribution is -2.53. The molecule has 1 N–H and O–H groups in total. The van der Waals surface area contributed by atoms with Crippen molar-refractivity contribution in [2.24, 2.45) is 0 Å². The van der Waals surface area contributed by atoms with Crippen molar-refractivity contribution in [1.29, 1.82) is 0 Å². The summed E-state index contributed by atoms with van der Waals surface area (Å²) in [6.07, 6.45) is 0.791. The van der Waals surface area contributed by atoms with E-state index < -0.39 is 6.04 Å². The quantitative estimate of drug-likeness (QED) is 0.781. The Morgan fingerprint density at radius 1 is 0.966 bits per heavy atom. The van der Waals surface area contributed by atoms with E-state index in [1.165, 1.54) is 17.7 Å². The summed E-state index contributed by atoms with van der Waals surface area (Å²) in [6.45, 7) is 5.60. The summed E-state index contributed by atoms with van der Waals surface area (Å²) < 4.78 is 12.9. The van der Waals surface area contributed by atoms with E-state index in [0.29, 0.717) is 19.5 Å². The van der Waals surface area contributed by atoms with E-state index in [1.54, 1.807) is 19.1 Å². The van der Waals surface area contributed by atoms with Crippen LogP contribution < -0.4 is 5.32 Å². The van der Waals surface area contributed by atoms with Gasteiger partial charge in [-0.05, 0) is 36.6 Å². The van der Waals surface area contributed by atoms with Gasteiger partial charge in [-0.3, -0.25) is 14.5 Å². The SMILES string of the molecule is CC(NC(=O)CCc1ccc(F)cc1)C(=O)N1CCN(Cc2ccccc2)CC1. The van der Waals surface area contributed by atoms with Crippen molar-refractivity contribution in [2.45, 2.75) is 32.4 Å². The van der Waals surface area contributed by atoms with Gasteiger partial charge in [0.15, 0.2) is 0 Å². The second kappa shape index (κ2) is 10.2. The molecule has 1 atom stereocenters. The van der Waals surface area contributed by atoms with Gasteiger partial charge in [0, 0.05) is 39.1 Å². The minimum Gasteiger partial charge on any atom is -0.345 e. The van der Waals surface area contributed by atoms with E-state index in [4.69, 9.17) is 0 Å². The molecule has 6 heteroatoms. The Balaban J connectivity index is 1.39. The normalized spacial score (nSPS) is 15.7. The van der Waals surface area contributed by atoms with Crippen molar-refractivity contribution in [3.63, 3.8) is 0 Å². The molecule has 0 radical (unpaired) electrons. The third kappa shape index (κ3) is 6.39. The molecule has 2 amide bonds. The molecule has 2 aromatic carbocycles. The molecule has 0 aliphatic carbocycles. The van der Waals surface area contributed by atoms with E-state index in [9.17, 15) is 14.0 Å². The molecule has 154 valence electrons. The van der Waals surface area contributed by atoms with Crippen LogP contribution in [-0.2, 0) is 22.6 Å². The number of piperazine rings is 1. The van der Waals surface area contributed by atoms with Gasteiger partial charge in [0.05, 0.1) is 0 Å². The molecule has 5 nitrogen and oxygen atoms in total. The number of amides is 2. The highest BCUT2D eigenvalue weighted by Crippen LogP contribution is 2.10. The lowest BCUT2D eigenvalue weighted by molar-refractivity contribution is -0.137. The zero-order valence-electron chi connectivity index (χ0n) is 16.8. The molecule has 1 aliphatic heterocycles. The second-order valence-electron chi connectivity index (χ2n) is 7.50. The van der Waals surface area contributed by atoms with E-state index in [2.05, 4.69) is 22.3 Å². The summed E-state index contributed by atoms with van der Waals surface area (Å²) in [7, 11) is 0. The van der Waals surface area contributed by atoms with E-state index >= 15 is 0 Å². The molecular weight excluding hydrogens is 369 g/mol. The first kappa shape index (κ1) is 21.0. The first-order valence-corrected chi connectivity index (χ1v) is 10.1. The number of hydrogen-bond acceptors (Lipinski definition) is 3. The Morgan fingerprint density at radius 3 is 2.28 bits per heavy atom. The van der Waals surface area contributed by atoms with Crippen LogP contribution in [0.3, 0.4) is 0 Å². The van der Waals surface area contributed by atoms with Gasteiger partial charge in [-0.15, -0.1) is 0 Å². The predicted molar refractivity (Wildman–Crippen MR) is 111 cm³/mol. The van der Waals surface area contributed by atoms with Crippen LogP contribution in [0.1, 0.15) is 24.5 Å². The molecule has 0 bridgehead atoms. The summed E-state index contributed by atoms with van der Waals surface area (Å²) >= 11 is 0. The van der Waals surface area contributed by atoms with Crippen molar-refractivity contribution in [3.05, 3.63) is 71.5 Å². The second-order valence-corrected chi connectivity index (χ2v) is 7.50. The molecule has 1 aliphatic rings. The Labute approximate surface area is 171 Å². The number of carbonyl (C=O) groups excluding carboxylic acids is 2. The van der Waals surface area contributed by atoms with Gasteiger partial charge >= 0.3 is 0 Å². The number of rotatable bonds is 7. The molecule has 0 saturated carbocycles. The van der Waals surface area contributed by atoms with Gasteiger partial charge in [-0.2, -0.15) is 0 Å². The molecule has 1 unspecified atom stereocenters. The molecule has 1 saturated heterocycles. The first-order chi connectivity index (χ1) is 14.0. The van der Waals surface area contributed by atoms with Crippen LogP contribution in [0, 0.1) is 5.82 Å². The van der Waals surface area contributed by atoms with Gasteiger partial charge in [0.25, 0.3) is 0 Å². The minimum atomic E-state index is -0.545. The highest BCUT2D eigenvalue weighted by molar-refractivity contribution is 5.87. The van der Waals surface area contributed by atoms with Gasteiger partial charge < -0.3 is 10.2 Å². The zero-order valence-corrected chi connectivity index (χ0v) is 16.8. The highest BCUT2D eigenvalue weighted by Gasteiger charge is 2.25. The summed E-state index contributed by atoms with van der Waals surface area (Å²) in [6, 6.07) is 15.9. The predicted octanol–water partition coefficient (Wildman–Crippen LogP) is 2.61. The van der Waals surface area contributed by atoms with Crippen LogP contribution in [0.5, 0.6) is 0 Å². The molecule has 1 heterocycles. The fourth-order valence-electron chi connectivity index (χ4n) is 3.53. The first-order valence-electron chi connectivity index (χ1n) is 10.1. The van der Waals surface area contributed by atoms with E-state index in [1.807, 2.05) is 23.1 Å². The van der Waals surface area contributed by atoms with Gasteiger partial charge in [0.2, 0.25) is 11.8 Å². The highest BCUT2D eigenvalue weighted by atomic mass is 19.1. The summed E-state index contributed by atoms with van der Waals surface area (Å²) in [5.41, 5.74) is 2.17. The minimum absolute atomic E-state index is 0.0421. The molecular formula is C23H28FN3O2. The van der Waals surface area contributed by atoms with Crippen LogP contribution in [0.2, 0.25) is 0 Å². The number of benzene rings is 2. The number of hydrogen-bond donors (Lipinski definition) is 1. The Kier molecular flexibility index (Phi) is 7.36. The average molecular weight is 397 g/mol. The van der Waals surface area contributed by atoms with Crippen molar-refractivity contribution < 1.29 is 14.0 Å². The fourth-order valence-corrected chi connectivity index (χ4v) is 3.53. The molecule has 2 aromatic rings. The van der Waals surface area contributed by atoms with Crippen LogP contribution in [0.15, 0.2) is 54.6 Å². The maximum Gasteiger partial charge on any atom is 0.244 e. The standard InChI is InChI=1S/C23H28FN3O2/c1-18(25-22(28)12-9-19-7-10-21(24)11-8-19)23(29)27-15-13-26(14-16-27)17-20-5-3-2-4-6-20/h2-8,10-11,18H,9,12-17H2,1H3,(H,25,28). The maximum absolute atomic E-state index is 12.9. The Hall–Kier alpha value is -2.73. The average Bonchev–Trinajstić information content (AvgIpc) is 2.74. The lowest BCUT2D eigenvalue weighted by atomic mass is 10.1. The van der Waals surface area contributed by atoms with Gasteiger partial charge in [-0.1, -0.05) is 42.5 Å². The van der Waals surface area contributed by atoms with Crippen molar-refractivity contribution >= 4 is 11.8 Å². The smallest absolute Gasteiger partial charge is 0.244 e. The van der Waals surface area contributed by atoms with E-state index in [-0.39, 0.29) is 24.1 Å². The largest absolute Gasteiger partial charge is 0.345 e. The number of nitrogens with one attached hydrogen (secondary N) is 1. The number of aryl methyl sites for hydroxylation is 1. The summed E-state index contributed by atoms with van der Waals surface area (Å²) in [4.78, 5) is 29.0. The molecule has 1 fully saturated rings. The molecule has 29 heavy (non-hydrogen) atoms. The topological polar surface area (TPSA) is 52.7 Å². The van der Waals surface area contributed by atoms with Gasteiger partial charge in [-0.25, -0.2) is 4.39 Å². The fraction of sp³-hybridized carbons (Fsp3) is 0.391. The van der Waals surface area contributed by atoms with Crippen LogP contribution in [-0.4, -0.2) is 53.8 Å². The summed E-state index contributed by atoms with van der Waals surface area (Å²) in [5, 5.41) is 2.79. The van der Waals surface area contributed by atoms with Crippen molar-refractivity contribution in [2.75, 3.05) is 26.2 Å². The summed E-state index contributed by atoms with van der Waals surface area (Å²) in [5.74, 6) is -0.501. The van der Waals surface area contributed by atoms with Crippen molar-refractivity contribution in [3.8, 4) is 0 Å². The van der Waals surface area contributed by atoms with Crippen LogP contribution >= 0.6 is 0 Å².